The Morgan fingerprint density at radius 2 is 1.90 bits per heavy atom. The van der Waals surface area contributed by atoms with Crippen molar-refractivity contribution >= 4 is 7.60 Å². The normalized spacial score (nSPS) is 18.5. The fourth-order valence-corrected chi connectivity index (χ4v) is 1.20. The molecule has 0 aromatic rings. The Hall–Kier alpha value is 0.0700. The maximum Gasteiger partial charge on any atom is 0.343 e. The van der Waals surface area contributed by atoms with Crippen LogP contribution in [0.5, 0.6) is 0 Å². The molecule has 0 aromatic heterocycles. The van der Waals surface area contributed by atoms with Gasteiger partial charge in [-0.05, 0) is 6.42 Å². The lowest BCUT2D eigenvalue weighted by molar-refractivity contribution is 0.348. The molecule has 0 aliphatic heterocycles. The van der Waals surface area contributed by atoms with E-state index in [-0.39, 0.29) is 0 Å². The van der Waals surface area contributed by atoms with Crippen molar-refractivity contribution < 1.29 is 14.4 Å². The first-order valence-corrected chi connectivity index (χ1v) is 4.64. The molecule has 0 bridgehead atoms. The summed E-state index contributed by atoms with van der Waals surface area (Å²) in [5.74, 6) is -1.22. The van der Waals surface area contributed by atoms with Gasteiger partial charge in [0.05, 0.1) is 0 Å². The van der Waals surface area contributed by atoms with Gasteiger partial charge in [-0.1, -0.05) is 6.92 Å². The summed E-state index contributed by atoms with van der Waals surface area (Å²) in [5, 5.41) is 0. The van der Waals surface area contributed by atoms with E-state index in [1.54, 1.807) is 6.92 Å². The van der Waals surface area contributed by atoms with Crippen LogP contribution in [0.25, 0.3) is 0 Å². The number of hydrogen-bond donors (Lipinski definition) is 4. The maximum atomic E-state index is 10.4. The van der Waals surface area contributed by atoms with Crippen molar-refractivity contribution in [1.29, 1.82) is 0 Å². The molecule has 0 heterocycles. The fourth-order valence-electron chi connectivity index (χ4n) is 0.491. The predicted octanol–water partition coefficient (Wildman–Crippen LogP) is -0.814. The maximum absolute atomic E-state index is 10.4. The third-order valence-electron chi connectivity index (χ3n) is 1.30. The summed E-state index contributed by atoms with van der Waals surface area (Å²) in [6.07, 6.45) is 0.465. The lowest BCUT2D eigenvalue weighted by atomic mass is 10.2. The van der Waals surface area contributed by atoms with Gasteiger partial charge in [-0.2, -0.15) is 0 Å². The molecule has 0 amide bonds. The molecule has 0 fully saturated rings. The van der Waals surface area contributed by atoms with Crippen molar-refractivity contribution in [3.63, 3.8) is 0 Å². The van der Waals surface area contributed by atoms with Gasteiger partial charge in [0.25, 0.3) is 0 Å². The molecule has 10 heavy (non-hydrogen) atoms. The van der Waals surface area contributed by atoms with Crippen LogP contribution in [0.15, 0.2) is 0 Å². The van der Waals surface area contributed by atoms with E-state index in [9.17, 15) is 4.57 Å². The monoisotopic (exact) mass is 168 g/mol. The van der Waals surface area contributed by atoms with Crippen molar-refractivity contribution in [2.75, 3.05) is 0 Å². The molecule has 0 rings (SSSR count). The molecular weight excluding hydrogens is 155 g/mol. The van der Waals surface area contributed by atoms with E-state index in [4.69, 9.17) is 21.3 Å². The summed E-state index contributed by atoms with van der Waals surface area (Å²) in [6, 6.07) is -0.624. The first-order valence-electron chi connectivity index (χ1n) is 2.96. The molecule has 0 aromatic carbocycles. The molecule has 62 valence electrons. The second-order valence-corrected chi connectivity index (χ2v) is 3.93. The van der Waals surface area contributed by atoms with E-state index >= 15 is 0 Å². The van der Waals surface area contributed by atoms with Crippen molar-refractivity contribution in [3.8, 4) is 0 Å². The van der Waals surface area contributed by atoms with Crippen LogP contribution in [0.2, 0.25) is 0 Å². The van der Waals surface area contributed by atoms with Crippen molar-refractivity contribution in [2.45, 2.75) is 25.2 Å². The van der Waals surface area contributed by atoms with E-state index < -0.39 is 19.4 Å². The van der Waals surface area contributed by atoms with E-state index in [0.29, 0.717) is 6.42 Å². The zero-order chi connectivity index (χ0) is 8.36. The summed E-state index contributed by atoms with van der Waals surface area (Å²) in [6.45, 7) is 1.72. The van der Waals surface area contributed by atoms with E-state index in [1.165, 1.54) is 0 Å². The molecule has 2 atom stereocenters. The fraction of sp³-hybridized carbons (Fsp3) is 1.00. The van der Waals surface area contributed by atoms with E-state index in [2.05, 4.69) is 0 Å². The van der Waals surface area contributed by atoms with Gasteiger partial charge in [0.2, 0.25) is 0 Å². The average molecular weight is 168 g/mol. The van der Waals surface area contributed by atoms with E-state index in [0.717, 1.165) is 0 Å². The standard InChI is InChI=1S/C4H13N2O3P/c1-2-3(5)4(6)10(7,8)9/h3-4H,2,5-6H2,1H3,(H2,7,8,9). The summed E-state index contributed by atoms with van der Waals surface area (Å²) >= 11 is 0. The molecule has 0 saturated carbocycles. The van der Waals surface area contributed by atoms with Crippen LogP contribution in [0.3, 0.4) is 0 Å². The van der Waals surface area contributed by atoms with Gasteiger partial charge in [-0.3, -0.25) is 4.57 Å². The molecule has 6 N–H and O–H groups in total. The number of rotatable bonds is 3. The SMILES string of the molecule is CCC(N)C(N)P(=O)(O)O. The first-order chi connectivity index (χ1) is 4.39. The van der Waals surface area contributed by atoms with Crippen molar-refractivity contribution in [2.24, 2.45) is 11.5 Å². The Kier molecular flexibility index (Phi) is 3.48. The summed E-state index contributed by atoms with van der Waals surface area (Å²) in [4.78, 5) is 17.0. The Labute approximate surface area is 59.6 Å². The van der Waals surface area contributed by atoms with Crippen LogP contribution < -0.4 is 11.5 Å². The highest BCUT2D eigenvalue weighted by Crippen LogP contribution is 2.39. The Bertz CT molecular complexity index is 145. The number of nitrogens with two attached hydrogens (primary N) is 2. The summed E-state index contributed by atoms with van der Waals surface area (Å²) in [5.41, 5.74) is 10.4. The van der Waals surface area contributed by atoms with Crippen LogP contribution in [-0.2, 0) is 4.57 Å². The van der Waals surface area contributed by atoms with Gasteiger partial charge in [0.1, 0.15) is 5.78 Å². The highest BCUT2D eigenvalue weighted by molar-refractivity contribution is 7.52. The second kappa shape index (κ2) is 3.46. The lowest BCUT2D eigenvalue weighted by Gasteiger charge is -2.18. The predicted molar refractivity (Wildman–Crippen MR) is 38.3 cm³/mol. The molecule has 2 unspecified atom stereocenters. The molecule has 0 radical (unpaired) electrons. The van der Waals surface area contributed by atoms with Gasteiger partial charge in [-0.25, -0.2) is 0 Å². The Balaban J connectivity index is 4.08. The molecule has 6 heteroatoms. The average Bonchev–Trinajstić information content (AvgIpc) is 1.83. The topological polar surface area (TPSA) is 110 Å². The quantitative estimate of drug-likeness (QED) is 0.412. The van der Waals surface area contributed by atoms with Gasteiger partial charge in [0.15, 0.2) is 0 Å². The highest BCUT2D eigenvalue weighted by Gasteiger charge is 2.29. The van der Waals surface area contributed by atoms with Crippen molar-refractivity contribution in [3.05, 3.63) is 0 Å². The van der Waals surface area contributed by atoms with E-state index in [1.807, 2.05) is 0 Å². The minimum Gasteiger partial charge on any atom is -0.326 e. The lowest BCUT2D eigenvalue weighted by Crippen LogP contribution is -2.40. The molecule has 0 saturated heterocycles. The van der Waals surface area contributed by atoms with Crippen molar-refractivity contribution in [1.82, 2.24) is 0 Å². The molecule has 0 aliphatic rings. The van der Waals surface area contributed by atoms with Gasteiger partial charge in [-0.15, -0.1) is 0 Å². The summed E-state index contributed by atoms with van der Waals surface area (Å²) in [7, 11) is -4.18. The van der Waals surface area contributed by atoms with Crippen LogP contribution in [-0.4, -0.2) is 21.6 Å². The Morgan fingerprint density at radius 1 is 1.50 bits per heavy atom. The van der Waals surface area contributed by atoms with Gasteiger partial charge >= 0.3 is 7.60 Å². The van der Waals surface area contributed by atoms with Crippen LogP contribution in [0.1, 0.15) is 13.3 Å². The minimum atomic E-state index is -4.18. The highest BCUT2D eigenvalue weighted by atomic mass is 31.2. The second-order valence-electron chi connectivity index (χ2n) is 2.15. The van der Waals surface area contributed by atoms with Gasteiger partial charge in [0, 0.05) is 6.04 Å². The van der Waals surface area contributed by atoms with Crippen LogP contribution in [0.4, 0.5) is 0 Å². The zero-order valence-corrected chi connectivity index (χ0v) is 6.66. The third-order valence-corrected chi connectivity index (χ3v) is 2.46. The van der Waals surface area contributed by atoms with Crippen LogP contribution in [0, 0.1) is 0 Å². The zero-order valence-electron chi connectivity index (χ0n) is 5.77. The smallest absolute Gasteiger partial charge is 0.326 e. The minimum absolute atomic E-state index is 0.465. The van der Waals surface area contributed by atoms with Gasteiger partial charge < -0.3 is 21.3 Å². The molecule has 5 nitrogen and oxygen atoms in total. The third kappa shape index (κ3) is 2.77. The molecular formula is C4H13N2O3P. The number of hydrogen-bond acceptors (Lipinski definition) is 3. The largest absolute Gasteiger partial charge is 0.343 e. The molecule has 0 aliphatic carbocycles. The summed E-state index contributed by atoms with van der Waals surface area (Å²) < 4.78 is 10.4. The Morgan fingerprint density at radius 3 is 2.00 bits per heavy atom. The molecule has 0 spiro atoms. The first kappa shape index (κ1) is 10.1. The van der Waals surface area contributed by atoms with Crippen LogP contribution >= 0.6 is 7.60 Å².